The van der Waals surface area contributed by atoms with Crippen molar-refractivity contribution in [3.05, 3.63) is 0 Å². The van der Waals surface area contributed by atoms with E-state index in [0.717, 1.165) is 18.8 Å². The molecule has 0 radical (unpaired) electrons. The van der Waals surface area contributed by atoms with Crippen molar-refractivity contribution in [1.29, 1.82) is 0 Å². The monoisotopic (exact) mass is 244 g/mol. The van der Waals surface area contributed by atoms with Crippen molar-refractivity contribution in [2.75, 3.05) is 39.5 Å². The van der Waals surface area contributed by atoms with Gasteiger partial charge in [0, 0.05) is 19.1 Å². The molecular formula is C13H28N2S. The Labute approximate surface area is 107 Å². The molecule has 3 heteroatoms. The van der Waals surface area contributed by atoms with E-state index in [1.807, 2.05) is 0 Å². The molecule has 0 spiro atoms. The van der Waals surface area contributed by atoms with Crippen molar-refractivity contribution < 1.29 is 0 Å². The summed E-state index contributed by atoms with van der Waals surface area (Å²) in [6.45, 7) is 8.16. The van der Waals surface area contributed by atoms with E-state index in [2.05, 4.69) is 50.4 Å². The minimum atomic E-state index is 0.527. The third-order valence-electron chi connectivity index (χ3n) is 3.95. The summed E-state index contributed by atoms with van der Waals surface area (Å²) in [5.41, 5.74) is 0.527. The quantitative estimate of drug-likeness (QED) is 0.687. The summed E-state index contributed by atoms with van der Waals surface area (Å²) in [6.07, 6.45) is 4.16. The second-order valence-corrected chi connectivity index (χ2v) is 6.00. The Kier molecular flexibility index (Phi) is 5.62. The van der Waals surface area contributed by atoms with Crippen molar-refractivity contribution in [1.82, 2.24) is 9.80 Å². The third kappa shape index (κ3) is 3.64. The molecule has 0 aromatic heterocycles. The number of likely N-dealkylation sites (N-methyl/N-ethyl adjacent to an activating group) is 2. The van der Waals surface area contributed by atoms with Crippen molar-refractivity contribution >= 4 is 12.6 Å². The van der Waals surface area contributed by atoms with Crippen LogP contribution in [0.4, 0.5) is 0 Å². The molecule has 16 heavy (non-hydrogen) atoms. The zero-order valence-electron chi connectivity index (χ0n) is 11.4. The van der Waals surface area contributed by atoms with Crippen LogP contribution in [0, 0.1) is 5.41 Å². The number of rotatable bonds is 7. The lowest BCUT2D eigenvalue weighted by molar-refractivity contribution is 0.0641. The maximum absolute atomic E-state index is 4.55. The van der Waals surface area contributed by atoms with E-state index < -0.39 is 0 Å². The topological polar surface area (TPSA) is 6.48 Å². The van der Waals surface area contributed by atoms with E-state index >= 15 is 0 Å². The normalized spacial score (nSPS) is 21.2. The zero-order valence-corrected chi connectivity index (χ0v) is 12.3. The first kappa shape index (κ1) is 14.3. The Hall–Kier alpha value is 0.270. The van der Waals surface area contributed by atoms with Gasteiger partial charge in [0.05, 0.1) is 0 Å². The van der Waals surface area contributed by atoms with Gasteiger partial charge in [-0.3, -0.25) is 4.90 Å². The van der Waals surface area contributed by atoms with Crippen LogP contribution in [0.15, 0.2) is 0 Å². The van der Waals surface area contributed by atoms with Gasteiger partial charge in [-0.15, -0.1) is 0 Å². The third-order valence-corrected chi connectivity index (χ3v) is 4.62. The van der Waals surface area contributed by atoms with E-state index in [4.69, 9.17) is 0 Å². The van der Waals surface area contributed by atoms with Gasteiger partial charge < -0.3 is 4.90 Å². The van der Waals surface area contributed by atoms with Crippen LogP contribution >= 0.6 is 12.6 Å². The molecule has 1 rings (SSSR count). The molecule has 0 aliphatic heterocycles. The fraction of sp³-hybridized carbons (Fsp3) is 1.00. The first-order valence-corrected chi connectivity index (χ1v) is 7.16. The number of nitrogens with zero attached hydrogens (tertiary/aromatic N) is 2. The van der Waals surface area contributed by atoms with E-state index in [-0.39, 0.29) is 0 Å². The van der Waals surface area contributed by atoms with Crippen LogP contribution < -0.4 is 0 Å². The average molecular weight is 244 g/mol. The summed E-state index contributed by atoms with van der Waals surface area (Å²) in [5.74, 6) is 1.05. The van der Waals surface area contributed by atoms with Gasteiger partial charge in [0.25, 0.3) is 0 Å². The standard InChI is InChI=1S/C13H28N2S/c1-5-15(12(2)9-14(3)4)10-13(11-16)7-6-8-13/h12,16H,5-11H2,1-4H3. The number of hydrogen-bond acceptors (Lipinski definition) is 3. The highest BCUT2D eigenvalue weighted by molar-refractivity contribution is 7.80. The van der Waals surface area contributed by atoms with E-state index in [1.54, 1.807) is 0 Å². The average Bonchev–Trinajstić information content (AvgIpc) is 2.16. The molecular weight excluding hydrogens is 216 g/mol. The molecule has 0 heterocycles. The van der Waals surface area contributed by atoms with E-state index in [1.165, 1.54) is 25.8 Å². The van der Waals surface area contributed by atoms with Crippen LogP contribution in [0.25, 0.3) is 0 Å². The predicted octanol–water partition coefficient (Wildman–Crippen LogP) is 2.36. The molecule has 1 unspecified atom stereocenters. The minimum absolute atomic E-state index is 0.527. The summed E-state index contributed by atoms with van der Waals surface area (Å²) in [4.78, 5) is 4.90. The molecule has 1 atom stereocenters. The molecule has 0 N–H and O–H groups in total. The smallest absolute Gasteiger partial charge is 0.0194 e. The Morgan fingerprint density at radius 3 is 2.25 bits per heavy atom. The molecule has 1 saturated carbocycles. The Morgan fingerprint density at radius 1 is 1.31 bits per heavy atom. The minimum Gasteiger partial charge on any atom is -0.308 e. The highest BCUT2D eigenvalue weighted by atomic mass is 32.1. The van der Waals surface area contributed by atoms with Gasteiger partial charge in [-0.2, -0.15) is 12.6 Å². The lowest BCUT2D eigenvalue weighted by atomic mass is 9.70. The van der Waals surface area contributed by atoms with Crippen LogP contribution in [0.3, 0.4) is 0 Å². The molecule has 96 valence electrons. The predicted molar refractivity (Wildman–Crippen MR) is 75.4 cm³/mol. The van der Waals surface area contributed by atoms with Crippen molar-refractivity contribution in [2.24, 2.45) is 5.41 Å². The molecule has 0 aromatic rings. The van der Waals surface area contributed by atoms with Crippen LogP contribution in [-0.2, 0) is 0 Å². The van der Waals surface area contributed by atoms with Crippen LogP contribution in [0.1, 0.15) is 33.1 Å². The first-order valence-electron chi connectivity index (χ1n) is 6.52. The van der Waals surface area contributed by atoms with Crippen LogP contribution in [-0.4, -0.2) is 55.3 Å². The van der Waals surface area contributed by atoms with E-state index in [9.17, 15) is 0 Å². The molecule has 0 aromatic carbocycles. The fourth-order valence-electron chi connectivity index (χ4n) is 2.70. The molecule has 0 amide bonds. The molecule has 1 aliphatic rings. The fourth-order valence-corrected chi connectivity index (χ4v) is 3.11. The van der Waals surface area contributed by atoms with Gasteiger partial charge in [-0.1, -0.05) is 13.3 Å². The molecule has 1 aliphatic carbocycles. The molecule has 0 bridgehead atoms. The van der Waals surface area contributed by atoms with Gasteiger partial charge >= 0.3 is 0 Å². The SMILES string of the molecule is CCN(CC1(CS)CCC1)C(C)CN(C)C. The number of hydrogen-bond donors (Lipinski definition) is 1. The maximum Gasteiger partial charge on any atom is 0.0194 e. The second-order valence-electron chi connectivity index (χ2n) is 5.69. The lowest BCUT2D eigenvalue weighted by Gasteiger charge is -2.46. The highest BCUT2D eigenvalue weighted by Gasteiger charge is 2.37. The molecule has 1 fully saturated rings. The van der Waals surface area contributed by atoms with Crippen LogP contribution in [0.5, 0.6) is 0 Å². The van der Waals surface area contributed by atoms with E-state index in [0.29, 0.717) is 11.5 Å². The van der Waals surface area contributed by atoms with Gasteiger partial charge in [-0.05, 0) is 51.6 Å². The van der Waals surface area contributed by atoms with Crippen molar-refractivity contribution in [3.63, 3.8) is 0 Å². The highest BCUT2D eigenvalue weighted by Crippen LogP contribution is 2.42. The Bertz CT molecular complexity index is 197. The second kappa shape index (κ2) is 6.27. The Morgan fingerprint density at radius 2 is 1.94 bits per heavy atom. The zero-order chi connectivity index (χ0) is 12.2. The van der Waals surface area contributed by atoms with Gasteiger partial charge in [0.2, 0.25) is 0 Å². The summed E-state index contributed by atoms with van der Waals surface area (Å²) in [7, 11) is 4.31. The van der Waals surface area contributed by atoms with Crippen molar-refractivity contribution in [3.8, 4) is 0 Å². The first-order chi connectivity index (χ1) is 7.53. The summed E-state index contributed by atoms with van der Waals surface area (Å²) in [5, 5.41) is 0. The summed E-state index contributed by atoms with van der Waals surface area (Å²) >= 11 is 4.55. The van der Waals surface area contributed by atoms with Gasteiger partial charge in [0.15, 0.2) is 0 Å². The maximum atomic E-state index is 4.55. The van der Waals surface area contributed by atoms with Gasteiger partial charge in [0.1, 0.15) is 0 Å². The Balaban J connectivity index is 2.47. The van der Waals surface area contributed by atoms with Crippen LogP contribution in [0.2, 0.25) is 0 Å². The summed E-state index contributed by atoms with van der Waals surface area (Å²) in [6, 6.07) is 0.650. The van der Waals surface area contributed by atoms with Crippen molar-refractivity contribution in [2.45, 2.75) is 39.2 Å². The molecule has 0 saturated heterocycles. The van der Waals surface area contributed by atoms with Gasteiger partial charge in [-0.25, -0.2) is 0 Å². The number of thiol groups is 1. The largest absolute Gasteiger partial charge is 0.308 e. The molecule has 2 nitrogen and oxygen atoms in total. The lowest BCUT2D eigenvalue weighted by Crippen LogP contribution is -2.49. The summed E-state index contributed by atoms with van der Waals surface area (Å²) < 4.78 is 0.